The van der Waals surface area contributed by atoms with Crippen LogP contribution in [0.4, 0.5) is 5.69 Å². The second-order valence-electron chi connectivity index (χ2n) is 3.61. The molecule has 0 fully saturated rings. The highest BCUT2D eigenvalue weighted by Crippen LogP contribution is 2.39. The van der Waals surface area contributed by atoms with E-state index in [0.717, 1.165) is 12.1 Å². The zero-order valence-electron chi connectivity index (χ0n) is 9.99. The molecule has 0 spiro atoms. The van der Waals surface area contributed by atoms with Crippen LogP contribution in [0.15, 0.2) is 24.5 Å². The van der Waals surface area contributed by atoms with Crippen molar-refractivity contribution in [1.82, 2.24) is 9.97 Å². The number of non-ortho nitro benzene ring substituents is 1. The van der Waals surface area contributed by atoms with Crippen molar-refractivity contribution in [1.29, 1.82) is 0 Å². The van der Waals surface area contributed by atoms with E-state index in [-0.39, 0.29) is 27.4 Å². The summed E-state index contributed by atoms with van der Waals surface area (Å²) in [4.78, 5) is 28.3. The van der Waals surface area contributed by atoms with Gasteiger partial charge in [0.15, 0.2) is 5.75 Å². The summed E-state index contributed by atoms with van der Waals surface area (Å²) in [6, 6.07) is 2.05. The second kappa shape index (κ2) is 5.90. The van der Waals surface area contributed by atoms with Gasteiger partial charge in [0.05, 0.1) is 15.0 Å². The molecule has 0 amide bonds. The average Bonchev–Trinajstić information content (AvgIpc) is 2.42. The molecule has 0 unspecified atom stereocenters. The van der Waals surface area contributed by atoms with E-state index in [0.29, 0.717) is 0 Å². The van der Waals surface area contributed by atoms with Gasteiger partial charge in [0.25, 0.3) is 11.6 Å². The first-order valence-corrected chi connectivity index (χ1v) is 6.01. The monoisotopic (exact) mass is 329 g/mol. The Morgan fingerprint density at radius 2 is 1.81 bits per heavy atom. The third-order valence-corrected chi connectivity index (χ3v) is 2.82. The average molecular weight is 330 g/mol. The fourth-order valence-electron chi connectivity index (χ4n) is 1.39. The number of ether oxygens (including phenoxy) is 1. The molecule has 0 saturated heterocycles. The first-order valence-electron chi connectivity index (χ1n) is 5.25. The second-order valence-corrected chi connectivity index (χ2v) is 4.43. The van der Waals surface area contributed by atoms with E-state index >= 15 is 0 Å². The Kier molecular flexibility index (Phi) is 4.20. The molecule has 0 atom stereocenters. The number of aromatic nitrogens is 2. The molecule has 10 heteroatoms. The summed E-state index contributed by atoms with van der Waals surface area (Å²) in [5.74, 6) is -1.83. The number of nitrogens with zero attached hydrogens (tertiary/aromatic N) is 3. The van der Waals surface area contributed by atoms with Gasteiger partial charge in [-0.1, -0.05) is 23.2 Å². The molecule has 1 aromatic carbocycles. The molecular weight excluding hydrogens is 325 g/mol. The van der Waals surface area contributed by atoms with Crippen molar-refractivity contribution in [2.24, 2.45) is 0 Å². The molecule has 108 valence electrons. The maximum absolute atomic E-state index is 11.0. The van der Waals surface area contributed by atoms with Gasteiger partial charge in [0.1, 0.15) is 0 Å². The van der Waals surface area contributed by atoms with Crippen LogP contribution in [-0.4, -0.2) is 26.0 Å². The summed E-state index contributed by atoms with van der Waals surface area (Å²) in [5.41, 5.74) is -0.766. The van der Waals surface area contributed by atoms with E-state index < -0.39 is 16.6 Å². The molecular formula is C11H5Cl2N3O5. The van der Waals surface area contributed by atoms with E-state index in [4.69, 9.17) is 33.0 Å². The van der Waals surface area contributed by atoms with Crippen LogP contribution in [0.2, 0.25) is 10.0 Å². The Labute approximate surface area is 127 Å². The number of halogens is 2. The van der Waals surface area contributed by atoms with Crippen molar-refractivity contribution in [3.63, 3.8) is 0 Å². The minimum absolute atomic E-state index is 0.146. The molecule has 2 rings (SSSR count). The van der Waals surface area contributed by atoms with Crippen LogP contribution in [0.1, 0.15) is 10.5 Å². The number of carboxylic acid groups (broad SMARTS) is 1. The lowest BCUT2D eigenvalue weighted by molar-refractivity contribution is -0.384. The SMILES string of the molecule is O=C(O)c1nccnc1Oc1c(Cl)cc([N+](=O)[O-])cc1Cl. The molecule has 1 heterocycles. The minimum Gasteiger partial charge on any atom is -0.476 e. The molecule has 2 aromatic rings. The van der Waals surface area contributed by atoms with Crippen LogP contribution in [0.25, 0.3) is 0 Å². The van der Waals surface area contributed by atoms with E-state index in [1.165, 1.54) is 12.4 Å². The number of nitro groups is 1. The van der Waals surface area contributed by atoms with Gasteiger partial charge in [-0.2, -0.15) is 0 Å². The van der Waals surface area contributed by atoms with Crippen molar-refractivity contribution in [3.05, 3.63) is 50.4 Å². The summed E-state index contributed by atoms with van der Waals surface area (Å²) >= 11 is 11.7. The Balaban J connectivity index is 2.46. The van der Waals surface area contributed by atoms with Crippen LogP contribution in [0, 0.1) is 10.1 Å². The van der Waals surface area contributed by atoms with Gasteiger partial charge >= 0.3 is 5.97 Å². The molecule has 0 radical (unpaired) electrons. The first-order chi connectivity index (χ1) is 9.90. The third-order valence-electron chi connectivity index (χ3n) is 2.26. The topological polar surface area (TPSA) is 115 Å². The molecule has 0 aliphatic carbocycles. The molecule has 21 heavy (non-hydrogen) atoms. The van der Waals surface area contributed by atoms with E-state index in [2.05, 4.69) is 9.97 Å². The Morgan fingerprint density at radius 1 is 1.24 bits per heavy atom. The van der Waals surface area contributed by atoms with Crippen molar-refractivity contribution in [2.75, 3.05) is 0 Å². The lowest BCUT2D eigenvalue weighted by Gasteiger charge is -2.09. The largest absolute Gasteiger partial charge is 0.476 e. The van der Waals surface area contributed by atoms with E-state index in [1.54, 1.807) is 0 Å². The highest BCUT2D eigenvalue weighted by atomic mass is 35.5. The standard InChI is InChI=1S/C11H5Cl2N3O5/c12-6-3-5(16(19)20)4-7(13)9(6)21-10-8(11(17)18)14-1-2-15-10/h1-4H,(H,17,18). The predicted molar refractivity (Wildman–Crippen MR) is 72.2 cm³/mol. The van der Waals surface area contributed by atoms with Crippen molar-refractivity contribution in [3.8, 4) is 11.6 Å². The van der Waals surface area contributed by atoms with Crippen LogP contribution in [0.3, 0.4) is 0 Å². The van der Waals surface area contributed by atoms with Crippen LogP contribution < -0.4 is 4.74 Å². The predicted octanol–water partition coefficient (Wildman–Crippen LogP) is 3.18. The van der Waals surface area contributed by atoms with Gasteiger partial charge in [-0.3, -0.25) is 10.1 Å². The van der Waals surface area contributed by atoms with Gasteiger partial charge in [0, 0.05) is 24.5 Å². The number of aromatic carboxylic acids is 1. The lowest BCUT2D eigenvalue weighted by Crippen LogP contribution is -2.05. The van der Waals surface area contributed by atoms with Crippen molar-refractivity contribution < 1.29 is 19.6 Å². The van der Waals surface area contributed by atoms with E-state index in [1.807, 2.05) is 0 Å². The number of carbonyl (C=O) groups is 1. The zero-order valence-corrected chi connectivity index (χ0v) is 11.5. The maximum Gasteiger partial charge on any atom is 0.360 e. The summed E-state index contributed by atoms with van der Waals surface area (Å²) in [6.07, 6.45) is 2.39. The number of nitro benzene ring substituents is 1. The summed E-state index contributed by atoms with van der Waals surface area (Å²) in [6.45, 7) is 0. The zero-order chi connectivity index (χ0) is 15.6. The normalized spacial score (nSPS) is 10.2. The van der Waals surface area contributed by atoms with E-state index in [9.17, 15) is 14.9 Å². The molecule has 0 aliphatic rings. The van der Waals surface area contributed by atoms with Gasteiger partial charge in [0.2, 0.25) is 5.69 Å². The van der Waals surface area contributed by atoms with Crippen LogP contribution in [0.5, 0.6) is 11.6 Å². The van der Waals surface area contributed by atoms with Gasteiger partial charge < -0.3 is 9.84 Å². The number of carboxylic acids is 1. The molecule has 0 saturated carbocycles. The fourth-order valence-corrected chi connectivity index (χ4v) is 1.95. The summed E-state index contributed by atoms with van der Waals surface area (Å²) in [5, 5.41) is 19.3. The molecule has 1 N–H and O–H groups in total. The summed E-state index contributed by atoms with van der Waals surface area (Å²) < 4.78 is 5.23. The fraction of sp³-hybridized carbons (Fsp3) is 0. The number of hydrogen-bond acceptors (Lipinski definition) is 6. The highest BCUT2D eigenvalue weighted by molar-refractivity contribution is 6.37. The van der Waals surface area contributed by atoms with Gasteiger partial charge in [-0.05, 0) is 0 Å². The highest BCUT2D eigenvalue weighted by Gasteiger charge is 2.20. The quantitative estimate of drug-likeness (QED) is 0.676. The first kappa shape index (κ1) is 14.9. The smallest absolute Gasteiger partial charge is 0.360 e. The number of benzene rings is 1. The van der Waals surface area contributed by atoms with Crippen LogP contribution >= 0.6 is 23.2 Å². The Morgan fingerprint density at radius 3 is 2.33 bits per heavy atom. The Bertz CT molecular complexity index is 715. The molecule has 1 aromatic heterocycles. The van der Waals surface area contributed by atoms with Gasteiger partial charge in [-0.25, -0.2) is 14.8 Å². The number of hydrogen-bond donors (Lipinski definition) is 1. The van der Waals surface area contributed by atoms with Crippen molar-refractivity contribution >= 4 is 34.9 Å². The van der Waals surface area contributed by atoms with Gasteiger partial charge in [-0.15, -0.1) is 0 Å². The molecule has 8 nitrogen and oxygen atoms in total. The Hall–Kier alpha value is -2.45. The minimum atomic E-state index is -1.35. The van der Waals surface area contributed by atoms with Crippen molar-refractivity contribution in [2.45, 2.75) is 0 Å². The summed E-state index contributed by atoms with van der Waals surface area (Å²) in [7, 11) is 0. The molecule has 0 aliphatic heterocycles. The third kappa shape index (κ3) is 3.18. The maximum atomic E-state index is 11.0. The molecule has 0 bridgehead atoms. The van der Waals surface area contributed by atoms with Crippen LogP contribution in [-0.2, 0) is 0 Å². The number of rotatable bonds is 4. The lowest BCUT2D eigenvalue weighted by atomic mass is 10.3.